The number of benzene rings is 4. The van der Waals surface area contributed by atoms with Crippen LogP contribution in [0.15, 0.2) is 84.9 Å². The molecule has 8 nitrogen and oxygen atoms in total. The van der Waals surface area contributed by atoms with E-state index in [0.717, 1.165) is 10.8 Å². The molecule has 0 aliphatic heterocycles. The number of esters is 2. The third-order valence-corrected chi connectivity index (χ3v) is 5.15. The van der Waals surface area contributed by atoms with Gasteiger partial charge < -0.3 is 19.7 Å². The van der Waals surface area contributed by atoms with Crippen LogP contribution in [0.1, 0.15) is 20.7 Å². The normalized spacial score (nSPS) is 12.6. The van der Waals surface area contributed by atoms with E-state index < -0.39 is 36.1 Å². The Balaban J connectivity index is 1.43. The minimum atomic E-state index is -2.50. The summed E-state index contributed by atoms with van der Waals surface area (Å²) in [5.41, 5.74) is 0.140. The van der Waals surface area contributed by atoms with Crippen molar-refractivity contribution in [3.05, 3.63) is 96.1 Å². The SMILES string of the molecule is O=C(OC(O)C(=O)C(=O)C(O)OC(=O)c1cccc2ccccc12)c1cccc2ccccc12. The highest BCUT2D eigenvalue weighted by Crippen LogP contribution is 2.21. The summed E-state index contributed by atoms with van der Waals surface area (Å²) in [6.45, 7) is 0. The number of ether oxygens (including phenoxy) is 2. The maximum atomic E-state index is 12.5. The van der Waals surface area contributed by atoms with Gasteiger partial charge in [-0.15, -0.1) is 0 Å². The van der Waals surface area contributed by atoms with Gasteiger partial charge in [0, 0.05) is 0 Å². The minimum absolute atomic E-state index is 0.0698. The van der Waals surface area contributed by atoms with E-state index in [2.05, 4.69) is 0 Å². The van der Waals surface area contributed by atoms with Gasteiger partial charge in [-0.1, -0.05) is 72.8 Å². The van der Waals surface area contributed by atoms with E-state index in [1.165, 1.54) is 12.1 Å². The second-order valence-electron chi connectivity index (χ2n) is 7.30. The second-order valence-corrected chi connectivity index (χ2v) is 7.30. The van der Waals surface area contributed by atoms with E-state index in [0.29, 0.717) is 10.8 Å². The van der Waals surface area contributed by atoms with Crippen molar-refractivity contribution in [1.82, 2.24) is 0 Å². The number of carbonyl (C=O) groups excluding carboxylic acids is 4. The van der Waals surface area contributed by atoms with E-state index in [1.54, 1.807) is 72.8 Å². The number of hydrogen-bond acceptors (Lipinski definition) is 8. The van der Waals surface area contributed by atoms with Crippen molar-refractivity contribution in [3.63, 3.8) is 0 Å². The summed E-state index contributed by atoms with van der Waals surface area (Å²) in [6.07, 6.45) is -4.99. The average molecular weight is 458 g/mol. The number of Topliss-reactive ketones (excluding diaryl/α,β-unsaturated/α-hetero) is 2. The van der Waals surface area contributed by atoms with Crippen LogP contribution >= 0.6 is 0 Å². The third-order valence-electron chi connectivity index (χ3n) is 5.15. The molecule has 0 saturated heterocycles. The lowest BCUT2D eigenvalue weighted by Crippen LogP contribution is -2.40. The fourth-order valence-electron chi connectivity index (χ4n) is 3.49. The van der Waals surface area contributed by atoms with Crippen molar-refractivity contribution in [2.75, 3.05) is 0 Å². The lowest BCUT2D eigenvalue weighted by Gasteiger charge is -2.15. The molecule has 0 heterocycles. The van der Waals surface area contributed by atoms with E-state index in [1.807, 2.05) is 0 Å². The smallest absolute Gasteiger partial charge is 0.341 e. The van der Waals surface area contributed by atoms with Gasteiger partial charge in [0.05, 0.1) is 11.1 Å². The average Bonchev–Trinajstić information content (AvgIpc) is 2.86. The summed E-state index contributed by atoms with van der Waals surface area (Å²) < 4.78 is 9.44. The van der Waals surface area contributed by atoms with Crippen LogP contribution in [0.3, 0.4) is 0 Å². The number of fused-ring (bicyclic) bond motifs is 2. The molecule has 8 heteroatoms. The van der Waals surface area contributed by atoms with Crippen molar-refractivity contribution < 1.29 is 38.9 Å². The summed E-state index contributed by atoms with van der Waals surface area (Å²) in [5, 5.41) is 22.4. The maximum Gasteiger partial charge on any atom is 0.341 e. The first-order chi connectivity index (χ1) is 16.4. The summed E-state index contributed by atoms with van der Waals surface area (Å²) in [7, 11) is 0. The Morgan fingerprint density at radius 1 is 0.529 bits per heavy atom. The van der Waals surface area contributed by atoms with Crippen LogP contribution in [-0.2, 0) is 19.1 Å². The van der Waals surface area contributed by atoms with E-state index in [4.69, 9.17) is 9.47 Å². The van der Waals surface area contributed by atoms with Gasteiger partial charge in [-0.2, -0.15) is 0 Å². The molecular weight excluding hydrogens is 440 g/mol. The van der Waals surface area contributed by atoms with Gasteiger partial charge in [0.1, 0.15) is 0 Å². The molecule has 0 bridgehead atoms. The highest BCUT2D eigenvalue weighted by Gasteiger charge is 2.34. The van der Waals surface area contributed by atoms with Crippen molar-refractivity contribution in [3.8, 4) is 0 Å². The van der Waals surface area contributed by atoms with Crippen LogP contribution in [0.25, 0.3) is 21.5 Å². The predicted octanol–water partition coefficient (Wildman–Crippen LogP) is 2.78. The molecule has 0 spiro atoms. The van der Waals surface area contributed by atoms with Crippen molar-refractivity contribution in [1.29, 1.82) is 0 Å². The largest absolute Gasteiger partial charge is 0.424 e. The summed E-state index contributed by atoms with van der Waals surface area (Å²) in [6, 6.07) is 23.4. The molecule has 34 heavy (non-hydrogen) atoms. The van der Waals surface area contributed by atoms with E-state index in [-0.39, 0.29) is 11.1 Å². The molecule has 2 atom stereocenters. The first-order valence-corrected chi connectivity index (χ1v) is 10.2. The number of aliphatic hydroxyl groups excluding tert-OH is 2. The Labute approximate surface area is 193 Å². The quantitative estimate of drug-likeness (QED) is 0.246. The molecular formula is C26H18O8. The molecule has 2 N–H and O–H groups in total. The van der Waals surface area contributed by atoms with Gasteiger partial charge in [-0.05, 0) is 33.7 Å². The highest BCUT2D eigenvalue weighted by atomic mass is 16.6. The number of hydrogen-bond donors (Lipinski definition) is 2. The number of ketones is 2. The zero-order chi connectivity index (χ0) is 24.2. The lowest BCUT2D eigenvalue weighted by atomic mass is 10.0. The first-order valence-electron chi connectivity index (χ1n) is 10.2. The second kappa shape index (κ2) is 9.62. The standard InChI is InChI=1S/C26H18O8/c27-21(25(31)33-23(29)19-13-5-9-15-7-1-3-11-17(15)19)22(28)26(32)34-24(30)20-14-6-10-16-8-2-4-12-18(16)20/h1-14,25-26,31-32H. The van der Waals surface area contributed by atoms with Crippen molar-refractivity contribution in [2.24, 2.45) is 0 Å². The molecule has 0 aliphatic rings. The Morgan fingerprint density at radius 2 is 0.882 bits per heavy atom. The van der Waals surface area contributed by atoms with Gasteiger partial charge in [0.25, 0.3) is 24.1 Å². The molecule has 4 aromatic carbocycles. The Bertz CT molecular complexity index is 1310. The molecule has 2 unspecified atom stereocenters. The Kier molecular flexibility index (Phi) is 6.44. The van der Waals surface area contributed by atoms with Crippen LogP contribution < -0.4 is 0 Å². The van der Waals surface area contributed by atoms with Gasteiger partial charge in [0.15, 0.2) is 0 Å². The summed E-state index contributed by atoms with van der Waals surface area (Å²) >= 11 is 0. The van der Waals surface area contributed by atoms with Crippen LogP contribution in [0.4, 0.5) is 0 Å². The lowest BCUT2D eigenvalue weighted by molar-refractivity contribution is -0.166. The number of rotatable bonds is 7. The fraction of sp³-hybridized carbons (Fsp3) is 0.0769. The van der Waals surface area contributed by atoms with E-state index in [9.17, 15) is 29.4 Å². The van der Waals surface area contributed by atoms with Gasteiger partial charge >= 0.3 is 11.9 Å². The molecule has 0 aromatic heterocycles. The van der Waals surface area contributed by atoms with E-state index >= 15 is 0 Å². The Hall–Kier alpha value is -4.40. The van der Waals surface area contributed by atoms with Crippen LogP contribution in [0.2, 0.25) is 0 Å². The molecule has 0 fully saturated rings. The number of aliphatic hydroxyl groups is 2. The van der Waals surface area contributed by atoms with Crippen LogP contribution in [0.5, 0.6) is 0 Å². The monoisotopic (exact) mass is 458 g/mol. The highest BCUT2D eigenvalue weighted by molar-refractivity contribution is 6.40. The molecule has 0 aliphatic carbocycles. The van der Waals surface area contributed by atoms with Gasteiger partial charge in [-0.25, -0.2) is 9.59 Å². The molecule has 0 saturated carbocycles. The molecule has 4 aromatic rings. The minimum Gasteiger partial charge on any atom is -0.424 e. The summed E-state index contributed by atoms with van der Waals surface area (Å²) in [4.78, 5) is 49.4. The van der Waals surface area contributed by atoms with Crippen LogP contribution in [0, 0.1) is 0 Å². The molecule has 170 valence electrons. The Morgan fingerprint density at radius 3 is 1.29 bits per heavy atom. The molecule has 0 radical (unpaired) electrons. The molecule has 0 amide bonds. The molecule has 4 rings (SSSR count). The van der Waals surface area contributed by atoms with Crippen molar-refractivity contribution in [2.45, 2.75) is 12.6 Å². The third kappa shape index (κ3) is 4.54. The first kappa shape index (κ1) is 22.8. The number of carbonyl (C=O) groups is 4. The van der Waals surface area contributed by atoms with Gasteiger partial charge in [0.2, 0.25) is 0 Å². The zero-order valence-corrected chi connectivity index (χ0v) is 17.6. The predicted molar refractivity (Wildman–Crippen MR) is 121 cm³/mol. The van der Waals surface area contributed by atoms with Crippen LogP contribution in [-0.4, -0.2) is 46.3 Å². The topological polar surface area (TPSA) is 127 Å². The fourth-order valence-corrected chi connectivity index (χ4v) is 3.49. The van der Waals surface area contributed by atoms with Crippen molar-refractivity contribution >= 4 is 45.0 Å². The maximum absolute atomic E-state index is 12.5. The zero-order valence-electron chi connectivity index (χ0n) is 17.6. The summed E-state index contributed by atoms with van der Waals surface area (Å²) in [5.74, 6) is -5.39. The van der Waals surface area contributed by atoms with Gasteiger partial charge in [-0.3, -0.25) is 9.59 Å².